The smallest absolute Gasteiger partial charge is 0.251 e. The number of hydrogen-bond donors (Lipinski definition) is 2. The highest BCUT2D eigenvalue weighted by molar-refractivity contribution is 7.15. The van der Waals surface area contributed by atoms with Gasteiger partial charge in [-0.25, -0.2) is 4.98 Å². The van der Waals surface area contributed by atoms with Crippen LogP contribution in [0.1, 0.15) is 47.1 Å². The first-order valence-electron chi connectivity index (χ1n) is 8.87. The van der Waals surface area contributed by atoms with Gasteiger partial charge >= 0.3 is 0 Å². The summed E-state index contributed by atoms with van der Waals surface area (Å²) in [6.45, 7) is 2.49. The molecule has 1 aliphatic rings. The molecule has 2 amide bonds. The molecule has 0 spiro atoms. The molecule has 2 N–H and O–H groups in total. The molecule has 1 atom stereocenters. The molecule has 0 fully saturated rings. The fraction of sp³-hybridized carbons (Fsp3) is 0.421. The molecule has 1 aromatic carbocycles. The standard InChI is InChI=1S/C19H22ClN3O2S/c1-2-12-3-8-15-16(11-12)26-19(22-15)23-17(24)9-10-21-18(25)13-4-6-14(20)7-5-13/h4-7,12H,2-3,8-11H2,1H3,(H,21,25)(H,22,23,24). The minimum Gasteiger partial charge on any atom is -0.352 e. The van der Waals surface area contributed by atoms with Crippen molar-refractivity contribution in [3.8, 4) is 0 Å². The third kappa shape index (κ3) is 4.83. The van der Waals surface area contributed by atoms with Crippen molar-refractivity contribution in [2.45, 2.75) is 39.0 Å². The van der Waals surface area contributed by atoms with E-state index >= 15 is 0 Å². The number of halogens is 1. The predicted octanol–water partition coefficient (Wildman–Crippen LogP) is 4.07. The predicted molar refractivity (Wildman–Crippen MR) is 105 cm³/mol. The minimum atomic E-state index is -0.218. The molecule has 1 heterocycles. The average Bonchev–Trinajstić information content (AvgIpc) is 3.03. The lowest BCUT2D eigenvalue weighted by Gasteiger charge is -2.18. The van der Waals surface area contributed by atoms with Crippen LogP contribution in [0.25, 0.3) is 0 Å². The van der Waals surface area contributed by atoms with Gasteiger partial charge in [0.25, 0.3) is 5.91 Å². The quantitative estimate of drug-likeness (QED) is 0.779. The van der Waals surface area contributed by atoms with Gasteiger partial charge in [0.1, 0.15) is 0 Å². The first-order valence-corrected chi connectivity index (χ1v) is 10.1. The van der Waals surface area contributed by atoms with Crippen molar-refractivity contribution in [2.75, 3.05) is 11.9 Å². The summed E-state index contributed by atoms with van der Waals surface area (Å²) in [5.41, 5.74) is 1.65. The van der Waals surface area contributed by atoms with Crippen molar-refractivity contribution < 1.29 is 9.59 Å². The van der Waals surface area contributed by atoms with E-state index in [2.05, 4.69) is 22.5 Å². The topological polar surface area (TPSA) is 71.1 Å². The van der Waals surface area contributed by atoms with Crippen LogP contribution in [0, 0.1) is 5.92 Å². The van der Waals surface area contributed by atoms with E-state index in [0.29, 0.717) is 15.7 Å². The molecule has 1 unspecified atom stereocenters. The van der Waals surface area contributed by atoms with Crippen LogP contribution in [0.3, 0.4) is 0 Å². The van der Waals surface area contributed by atoms with Crippen LogP contribution >= 0.6 is 22.9 Å². The fourth-order valence-electron chi connectivity index (χ4n) is 3.02. The highest BCUT2D eigenvalue weighted by Crippen LogP contribution is 2.33. The van der Waals surface area contributed by atoms with Crippen LogP contribution in [0.15, 0.2) is 24.3 Å². The third-order valence-corrected chi connectivity index (χ3v) is 5.90. The maximum atomic E-state index is 12.1. The molecule has 5 nitrogen and oxygen atoms in total. The molecule has 138 valence electrons. The van der Waals surface area contributed by atoms with Gasteiger partial charge < -0.3 is 10.6 Å². The van der Waals surface area contributed by atoms with E-state index in [1.807, 2.05) is 0 Å². The van der Waals surface area contributed by atoms with Crippen molar-refractivity contribution in [1.29, 1.82) is 0 Å². The summed E-state index contributed by atoms with van der Waals surface area (Å²) in [5.74, 6) is 0.374. The van der Waals surface area contributed by atoms with Gasteiger partial charge in [-0.3, -0.25) is 9.59 Å². The summed E-state index contributed by atoms with van der Waals surface area (Å²) in [5, 5.41) is 6.84. The van der Waals surface area contributed by atoms with Crippen LogP contribution in [-0.2, 0) is 17.6 Å². The fourth-order valence-corrected chi connectivity index (χ4v) is 4.28. The number of amides is 2. The number of carbonyl (C=O) groups is 2. The molecule has 26 heavy (non-hydrogen) atoms. The minimum absolute atomic E-state index is 0.139. The van der Waals surface area contributed by atoms with E-state index in [9.17, 15) is 9.59 Å². The van der Waals surface area contributed by atoms with Crippen molar-refractivity contribution in [3.63, 3.8) is 0 Å². The van der Waals surface area contributed by atoms with Crippen molar-refractivity contribution >= 4 is 39.9 Å². The number of nitrogens with one attached hydrogen (secondary N) is 2. The average molecular weight is 392 g/mol. The number of anilines is 1. The van der Waals surface area contributed by atoms with E-state index in [4.69, 9.17) is 11.6 Å². The lowest BCUT2D eigenvalue weighted by Crippen LogP contribution is -2.27. The Bertz CT molecular complexity index is 789. The van der Waals surface area contributed by atoms with Gasteiger partial charge in [0.15, 0.2) is 5.13 Å². The van der Waals surface area contributed by atoms with E-state index < -0.39 is 0 Å². The zero-order valence-electron chi connectivity index (χ0n) is 14.7. The number of fused-ring (bicyclic) bond motifs is 1. The highest BCUT2D eigenvalue weighted by atomic mass is 35.5. The summed E-state index contributed by atoms with van der Waals surface area (Å²) in [4.78, 5) is 29.9. The van der Waals surface area contributed by atoms with Gasteiger partial charge in [-0.2, -0.15) is 0 Å². The van der Waals surface area contributed by atoms with Gasteiger partial charge in [-0.05, 0) is 49.4 Å². The second-order valence-electron chi connectivity index (χ2n) is 6.47. The summed E-state index contributed by atoms with van der Waals surface area (Å²) in [7, 11) is 0. The zero-order valence-corrected chi connectivity index (χ0v) is 16.3. The maximum absolute atomic E-state index is 12.1. The monoisotopic (exact) mass is 391 g/mol. The normalized spacial score (nSPS) is 16.0. The molecule has 1 aromatic heterocycles. The van der Waals surface area contributed by atoms with Crippen LogP contribution in [0.2, 0.25) is 5.02 Å². The number of carbonyl (C=O) groups excluding carboxylic acids is 2. The Morgan fingerprint density at radius 2 is 2.08 bits per heavy atom. The molecule has 3 rings (SSSR count). The molecule has 1 aliphatic carbocycles. The molecular formula is C19H22ClN3O2S. The van der Waals surface area contributed by atoms with Gasteiger partial charge in [-0.15, -0.1) is 11.3 Å². The van der Waals surface area contributed by atoms with Crippen molar-refractivity contribution in [1.82, 2.24) is 10.3 Å². The Morgan fingerprint density at radius 3 is 2.81 bits per heavy atom. The van der Waals surface area contributed by atoms with Crippen LogP contribution in [0.5, 0.6) is 0 Å². The molecule has 7 heteroatoms. The summed E-state index contributed by atoms with van der Waals surface area (Å²) >= 11 is 7.38. The molecule has 0 radical (unpaired) electrons. The van der Waals surface area contributed by atoms with Gasteiger partial charge in [0.05, 0.1) is 5.69 Å². The lowest BCUT2D eigenvalue weighted by molar-refractivity contribution is -0.116. The third-order valence-electron chi connectivity index (χ3n) is 4.61. The summed E-state index contributed by atoms with van der Waals surface area (Å²) in [6, 6.07) is 6.63. The molecule has 2 aromatic rings. The Morgan fingerprint density at radius 1 is 1.31 bits per heavy atom. The van der Waals surface area contributed by atoms with E-state index in [1.165, 1.54) is 17.7 Å². The Labute approximate surface area is 162 Å². The van der Waals surface area contributed by atoms with E-state index in [-0.39, 0.29) is 24.8 Å². The SMILES string of the molecule is CCC1CCc2nc(NC(=O)CCNC(=O)c3ccc(Cl)cc3)sc2C1. The molecular weight excluding hydrogens is 370 g/mol. The van der Waals surface area contributed by atoms with Crippen LogP contribution in [-0.4, -0.2) is 23.3 Å². The number of nitrogens with zero attached hydrogens (tertiary/aromatic N) is 1. The molecule has 0 saturated heterocycles. The first-order chi connectivity index (χ1) is 12.5. The number of thiazole rings is 1. The van der Waals surface area contributed by atoms with Crippen LogP contribution in [0.4, 0.5) is 5.13 Å². The lowest BCUT2D eigenvalue weighted by atomic mass is 9.89. The van der Waals surface area contributed by atoms with E-state index in [0.717, 1.165) is 24.5 Å². The number of aryl methyl sites for hydroxylation is 1. The Balaban J connectivity index is 1.45. The number of rotatable bonds is 6. The number of benzene rings is 1. The molecule has 0 saturated carbocycles. The van der Waals surface area contributed by atoms with Crippen LogP contribution < -0.4 is 10.6 Å². The zero-order chi connectivity index (χ0) is 18.5. The number of hydrogen-bond acceptors (Lipinski definition) is 4. The van der Waals surface area contributed by atoms with Crippen molar-refractivity contribution in [3.05, 3.63) is 45.4 Å². The first kappa shape index (κ1) is 18.9. The molecule has 0 bridgehead atoms. The summed E-state index contributed by atoms with van der Waals surface area (Å²) in [6.07, 6.45) is 4.64. The Kier molecular flexibility index (Phi) is 6.27. The summed E-state index contributed by atoms with van der Waals surface area (Å²) < 4.78 is 0. The highest BCUT2D eigenvalue weighted by Gasteiger charge is 2.22. The van der Waals surface area contributed by atoms with Gasteiger partial charge in [0.2, 0.25) is 5.91 Å². The Hall–Kier alpha value is -1.92. The van der Waals surface area contributed by atoms with E-state index in [1.54, 1.807) is 35.6 Å². The van der Waals surface area contributed by atoms with Gasteiger partial charge in [0, 0.05) is 28.4 Å². The maximum Gasteiger partial charge on any atom is 0.251 e. The largest absolute Gasteiger partial charge is 0.352 e. The molecule has 0 aliphatic heterocycles. The second kappa shape index (κ2) is 8.64. The van der Waals surface area contributed by atoms with Crippen molar-refractivity contribution in [2.24, 2.45) is 5.92 Å². The number of aromatic nitrogens is 1. The second-order valence-corrected chi connectivity index (χ2v) is 7.99. The van der Waals surface area contributed by atoms with Gasteiger partial charge in [-0.1, -0.05) is 24.9 Å².